The lowest BCUT2D eigenvalue weighted by molar-refractivity contribution is 0.206. The molecule has 0 bridgehead atoms. The Morgan fingerprint density at radius 3 is 2.62 bits per heavy atom. The standard InChI is InChI=1S/C18H23NO3S2/c1-22-17-6-4-15(5-7-17)13-19(10-8-18-3-2-11-23-18)16-9-12-24(20,21)14-16/h2-7,11,16H,8-10,12-14H2,1H3. The van der Waals surface area contributed by atoms with Crippen LogP contribution in [0.25, 0.3) is 0 Å². The third-order valence-electron chi connectivity index (χ3n) is 4.50. The van der Waals surface area contributed by atoms with Gasteiger partial charge in [-0.15, -0.1) is 11.3 Å². The number of ether oxygens (including phenoxy) is 1. The van der Waals surface area contributed by atoms with Crippen molar-refractivity contribution in [2.75, 3.05) is 25.2 Å². The number of nitrogens with zero attached hydrogens (tertiary/aromatic N) is 1. The largest absolute Gasteiger partial charge is 0.497 e. The molecule has 1 fully saturated rings. The zero-order valence-electron chi connectivity index (χ0n) is 13.8. The fraction of sp³-hybridized carbons (Fsp3) is 0.444. The van der Waals surface area contributed by atoms with Gasteiger partial charge in [-0.05, 0) is 42.0 Å². The van der Waals surface area contributed by atoms with Crippen LogP contribution in [-0.4, -0.2) is 44.5 Å². The molecule has 2 heterocycles. The van der Waals surface area contributed by atoms with E-state index in [1.54, 1.807) is 18.4 Å². The van der Waals surface area contributed by atoms with Gasteiger partial charge in [-0.2, -0.15) is 0 Å². The minimum atomic E-state index is -2.87. The summed E-state index contributed by atoms with van der Waals surface area (Å²) in [7, 11) is -1.22. The number of sulfone groups is 1. The summed E-state index contributed by atoms with van der Waals surface area (Å²) >= 11 is 1.76. The van der Waals surface area contributed by atoms with Crippen molar-refractivity contribution in [3.05, 3.63) is 52.2 Å². The number of hydrogen-bond acceptors (Lipinski definition) is 5. The average molecular weight is 366 g/mol. The van der Waals surface area contributed by atoms with E-state index in [2.05, 4.69) is 34.5 Å². The molecule has 130 valence electrons. The molecule has 1 unspecified atom stereocenters. The molecule has 6 heteroatoms. The summed E-state index contributed by atoms with van der Waals surface area (Å²) in [6.07, 6.45) is 1.70. The summed E-state index contributed by atoms with van der Waals surface area (Å²) in [6.45, 7) is 1.66. The quantitative estimate of drug-likeness (QED) is 0.757. The number of thiophene rings is 1. The summed E-state index contributed by atoms with van der Waals surface area (Å²) in [5.74, 6) is 1.44. The molecule has 1 saturated heterocycles. The van der Waals surface area contributed by atoms with E-state index >= 15 is 0 Å². The first-order valence-electron chi connectivity index (χ1n) is 8.15. The fourth-order valence-electron chi connectivity index (χ4n) is 3.13. The molecule has 1 aliphatic rings. The molecular weight excluding hydrogens is 342 g/mol. The second kappa shape index (κ2) is 7.68. The maximum absolute atomic E-state index is 11.9. The van der Waals surface area contributed by atoms with Crippen molar-refractivity contribution in [3.63, 3.8) is 0 Å². The van der Waals surface area contributed by atoms with Crippen LogP contribution in [-0.2, 0) is 22.8 Å². The van der Waals surface area contributed by atoms with Gasteiger partial charge in [0.25, 0.3) is 0 Å². The Hall–Kier alpha value is -1.37. The Balaban J connectivity index is 1.70. The van der Waals surface area contributed by atoms with Crippen molar-refractivity contribution in [1.29, 1.82) is 0 Å². The van der Waals surface area contributed by atoms with Crippen molar-refractivity contribution >= 4 is 21.2 Å². The molecule has 0 saturated carbocycles. The molecular formula is C18H23NO3S2. The van der Waals surface area contributed by atoms with Crippen molar-refractivity contribution in [3.8, 4) is 5.75 Å². The van der Waals surface area contributed by atoms with Gasteiger partial charge in [0.15, 0.2) is 9.84 Å². The summed E-state index contributed by atoms with van der Waals surface area (Å²) < 4.78 is 29.0. The first-order valence-corrected chi connectivity index (χ1v) is 10.9. The second-order valence-corrected chi connectivity index (χ2v) is 9.47. The Labute approximate surface area is 148 Å². The zero-order chi connectivity index (χ0) is 17.0. The molecule has 0 radical (unpaired) electrons. The maximum atomic E-state index is 11.9. The van der Waals surface area contributed by atoms with Crippen LogP contribution in [0.4, 0.5) is 0 Å². The van der Waals surface area contributed by atoms with E-state index in [1.807, 2.05) is 12.1 Å². The van der Waals surface area contributed by atoms with E-state index in [1.165, 1.54) is 10.4 Å². The van der Waals surface area contributed by atoms with Gasteiger partial charge in [-0.1, -0.05) is 18.2 Å². The van der Waals surface area contributed by atoms with Crippen LogP contribution in [0.1, 0.15) is 16.9 Å². The van der Waals surface area contributed by atoms with Gasteiger partial charge in [0.1, 0.15) is 5.75 Å². The van der Waals surface area contributed by atoms with Crippen LogP contribution in [0.2, 0.25) is 0 Å². The lowest BCUT2D eigenvalue weighted by Gasteiger charge is -2.28. The van der Waals surface area contributed by atoms with Gasteiger partial charge in [0.05, 0.1) is 18.6 Å². The van der Waals surface area contributed by atoms with Gasteiger partial charge in [-0.25, -0.2) is 8.42 Å². The third-order valence-corrected chi connectivity index (χ3v) is 7.18. The molecule has 0 aliphatic carbocycles. The summed E-state index contributed by atoms with van der Waals surface area (Å²) in [5, 5.41) is 2.09. The van der Waals surface area contributed by atoms with Crippen LogP contribution in [0.15, 0.2) is 41.8 Å². The smallest absolute Gasteiger partial charge is 0.151 e. The molecule has 3 rings (SSSR count). The van der Waals surface area contributed by atoms with Gasteiger partial charge in [0, 0.05) is 24.0 Å². The molecule has 1 aromatic carbocycles. The molecule has 1 aliphatic heterocycles. The number of methoxy groups -OCH3 is 1. The topological polar surface area (TPSA) is 46.6 Å². The highest BCUT2D eigenvalue weighted by Crippen LogP contribution is 2.22. The average Bonchev–Trinajstić information content (AvgIpc) is 3.21. The zero-order valence-corrected chi connectivity index (χ0v) is 15.5. The molecule has 1 aromatic heterocycles. The van der Waals surface area contributed by atoms with Crippen LogP contribution < -0.4 is 4.74 Å². The summed E-state index contributed by atoms with van der Waals surface area (Å²) in [4.78, 5) is 3.67. The van der Waals surface area contributed by atoms with E-state index in [9.17, 15) is 8.42 Å². The van der Waals surface area contributed by atoms with E-state index < -0.39 is 9.84 Å². The minimum Gasteiger partial charge on any atom is -0.497 e. The van der Waals surface area contributed by atoms with Crippen LogP contribution >= 0.6 is 11.3 Å². The van der Waals surface area contributed by atoms with Gasteiger partial charge in [0.2, 0.25) is 0 Å². The van der Waals surface area contributed by atoms with Crippen molar-refractivity contribution < 1.29 is 13.2 Å². The second-order valence-electron chi connectivity index (χ2n) is 6.20. The summed E-state index contributed by atoms with van der Waals surface area (Å²) in [6, 6.07) is 12.4. The number of rotatable bonds is 7. The minimum absolute atomic E-state index is 0.122. The van der Waals surface area contributed by atoms with Crippen molar-refractivity contribution in [2.45, 2.75) is 25.4 Å². The van der Waals surface area contributed by atoms with Gasteiger partial charge in [-0.3, -0.25) is 4.90 Å². The highest BCUT2D eigenvalue weighted by Gasteiger charge is 2.32. The lowest BCUT2D eigenvalue weighted by Crippen LogP contribution is -2.37. The molecule has 24 heavy (non-hydrogen) atoms. The van der Waals surface area contributed by atoms with Gasteiger partial charge >= 0.3 is 0 Å². The monoisotopic (exact) mass is 365 g/mol. The normalized spacial score (nSPS) is 19.7. The molecule has 2 aromatic rings. The molecule has 4 nitrogen and oxygen atoms in total. The van der Waals surface area contributed by atoms with E-state index in [4.69, 9.17) is 4.74 Å². The van der Waals surface area contributed by atoms with Gasteiger partial charge < -0.3 is 4.74 Å². The van der Waals surface area contributed by atoms with Crippen molar-refractivity contribution in [2.24, 2.45) is 0 Å². The van der Waals surface area contributed by atoms with Crippen LogP contribution in [0.5, 0.6) is 5.75 Å². The van der Waals surface area contributed by atoms with Crippen LogP contribution in [0.3, 0.4) is 0 Å². The van der Waals surface area contributed by atoms with E-state index in [0.717, 1.165) is 31.7 Å². The Kier molecular flexibility index (Phi) is 5.58. The lowest BCUT2D eigenvalue weighted by atomic mass is 10.1. The third kappa shape index (κ3) is 4.59. The van der Waals surface area contributed by atoms with Crippen LogP contribution in [0, 0.1) is 0 Å². The fourth-order valence-corrected chi connectivity index (χ4v) is 5.59. The first kappa shape index (κ1) is 17.5. The number of hydrogen-bond donors (Lipinski definition) is 0. The van der Waals surface area contributed by atoms with E-state index in [-0.39, 0.29) is 11.8 Å². The predicted octanol–water partition coefficient (Wildman–Crippen LogP) is 2.99. The molecule has 0 spiro atoms. The van der Waals surface area contributed by atoms with Crippen molar-refractivity contribution in [1.82, 2.24) is 4.90 Å². The number of benzene rings is 1. The SMILES string of the molecule is COc1ccc(CN(CCc2cccs2)C2CCS(=O)(=O)C2)cc1. The Bertz CT molecular complexity index is 739. The predicted molar refractivity (Wildman–Crippen MR) is 98.5 cm³/mol. The first-order chi connectivity index (χ1) is 11.6. The maximum Gasteiger partial charge on any atom is 0.151 e. The highest BCUT2D eigenvalue weighted by molar-refractivity contribution is 7.91. The highest BCUT2D eigenvalue weighted by atomic mass is 32.2. The Morgan fingerprint density at radius 1 is 1.25 bits per heavy atom. The van der Waals surface area contributed by atoms with E-state index in [0.29, 0.717) is 5.75 Å². The molecule has 0 amide bonds. The molecule has 1 atom stereocenters. The summed E-state index contributed by atoms with van der Waals surface area (Å²) in [5.41, 5.74) is 1.19. The molecule has 0 N–H and O–H groups in total. The Morgan fingerprint density at radius 2 is 2.04 bits per heavy atom.